The van der Waals surface area contributed by atoms with E-state index >= 15 is 0 Å². The number of benzene rings is 1. The summed E-state index contributed by atoms with van der Waals surface area (Å²) in [5.41, 5.74) is 0.151. The van der Waals surface area contributed by atoms with Crippen molar-refractivity contribution in [3.63, 3.8) is 0 Å². The first-order valence-electron chi connectivity index (χ1n) is 4.53. The molecule has 1 aromatic carbocycles. The molecule has 1 aromatic rings. The normalized spacial score (nSPS) is 10.3. The van der Waals surface area contributed by atoms with Gasteiger partial charge in [-0.2, -0.15) is 0 Å². The Morgan fingerprint density at radius 1 is 1.19 bits per heavy atom. The lowest BCUT2D eigenvalue weighted by atomic mass is 9.80. The third-order valence-electron chi connectivity index (χ3n) is 1.87. The molecule has 7 heteroatoms. The summed E-state index contributed by atoms with van der Waals surface area (Å²) in [5.74, 6) is 0.339. The van der Waals surface area contributed by atoms with Gasteiger partial charge in [-0.3, -0.25) is 0 Å². The van der Waals surface area contributed by atoms with E-state index in [2.05, 4.69) is 0 Å². The highest BCUT2D eigenvalue weighted by Crippen LogP contribution is 2.26. The molecule has 0 aliphatic rings. The zero-order valence-corrected chi connectivity index (χ0v) is 10.1. The summed E-state index contributed by atoms with van der Waals surface area (Å²) >= 11 is 11.6. The minimum absolute atomic E-state index is 0.151. The fourth-order valence-electron chi connectivity index (χ4n) is 1.09. The molecule has 0 radical (unpaired) electrons. The summed E-state index contributed by atoms with van der Waals surface area (Å²) < 4.78 is 10.1. The van der Waals surface area contributed by atoms with Crippen molar-refractivity contribution in [2.45, 2.75) is 0 Å². The summed E-state index contributed by atoms with van der Waals surface area (Å²) in [4.78, 5) is 0. The Morgan fingerprint density at radius 3 is 2.44 bits per heavy atom. The maximum absolute atomic E-state index is 9.04. The van der Waals surface area contributed by atoms with E-state index in [0.717, 1.165) is 0 Å². The van der Waals surface area contributed by atoms with Crippen LogP contribution in [0.25, 0.3) is 0 Å². The quantitative estimate of drug-likeness (QED) is 0.607. The van der Waals surface area contributed by atoms with Crippen molar-refractivity contribution in [3.8, 4) is 5.75 Å². The average Bonchev–Trinajstić information content (AvgIpc) is 2.21. The second-order valence-corrected chi connectivity index (χ2v) is 3.83. The van der Waals surface area contributed by atoms with Gasteiger partial charge in [-0.1, -0.05) is 23.2 Å². The smallest absolute Gasteiger partial charge is 0.490 e. The van der Waals surface area contributed by atoms with Crippen LogP contribution < -0.4 is 10.2 Å². The van der Waals surface area contributed by atoms with Gasteiger partial charge in [0, 0.05) is 17.6 Å². The average molecular weight is 265 g/mol. The summed E-state index contributed by atoms with van der Waals surface area (Å²) in [7, 11) is -0.107. The van der Waals surface area contributed by atoms with Crippen molar-refractivity contribution in [3.05, 3.63) is 22.2 Å². The van der Waals surface area contributed by atoms with Crippen LogP contribution in [0.15, 0.2) is 12.1 Å². The first kappa shape index (κ1) is 13.6. The Balaban J connectivity index is 2.87. The van der Waals surface area contributed by atoms with Crippen LogP contribution in [0.1, 0.15) is 0 Å². The van der Waals surface area contributed by atoms with E-state index in [9.17, 15) is 0 Å². The lowest BCUT2D eigenvalue weighted by Crippen LogP contribution is -2.31. The van der Waals surface area contributed by atoms with Crippen molar-refractivity contribution < 1.29 is 19.5 Å². The topological polar surface area (TPSA) is 58.9 Å². The summed E-state index contributed by atoms with van der Waals surface area (Å²) in [5, 5.41) is 18.6. The lowest BCUT2D eigenvalue weighted by molar-refractivity contribution is 0.146. The van der Waals surface area contributed by atoms with Crippen molar-refractivity contribution >= 4 is 35.8 Å². The second-order valence-electron chi connectivity index (χ2n) is 3.02. The van der Waals surface area contributed by atoms with Crippen LogP contribution in [0.3, 0.4) is 0 Å². The maximum atomic E-state index is 9.04. The summed E-state index contributed by atoms with van der Waals surface area (Å²) in [6.45, 7) is 0.731. The van der Waals surface area contributed by atoms with E-state index in [0.29, 0.717) is 24.0 Å². The molecule has 0 heterocycles. The Kier molecular flexibility index (Phi) is 5.38. The highest BCUT2D eigenvalue weighted by atomic mass is 35.5. The molecule has 1 rings (SSSR count). The van der Waals surface area contributed by atoms with Crippen molar-refractivity contribution in [2.75, 3.05) is 20.3 Å². The van der Waals surface area contributed by atoms with Gasteiger partial charge in [0.1, 0.15) is 12.4 Å². The standard InChI is InChI=1S/C9H11BCl2O4/c1-15-2-3-16-9-4-6(10(13)14)7(11)5-8(9)12/h4-5,13-14H,2-3H2,1H3. The maximum Gasteiger partial charge on any atom is 0.490 e. The fourth-order valence-corrected chi connectivity index (χ4v) is 1.62. The fraction of sp³-hybridized carbons (Fsp3) is 0.333. The van der Waals surface area contributed by atoms with Gasteiger partial charge in [-0.15, -0.1) is 0 Å². The van der Waals surface area contributed by atoms with E-state index < -0.39 is 7.12 Å². The van der Waals surface area contributed by atoms with E-state index in [4.69, 9.17) is 42.7 Å². The molecule has 0 aliphatic heterocycles. The lowest BCUT2D eigenvalue weighted by Gasteiger charge is -2.10. The molecule has 0 spiro atoms. The van der Waals surface area contributed by atoms with Crippen molar-refractivity contribution in [2.24, 2.45) is 0 Å². The van der Waals surface area contributed by atoms with Gasteiger partial charge in [0.25, 0.3) is 0 Å². The minimum atomic E-state index is -1.66. The molecule has 0 aliphatic carbocycles. The molecule has 0 aromatic heterocycles. The van der Waals surface area contributed by atoms with Crippen LogP contribution >= 0.6 is 23.2 Å². The SMILES string of the molecule is COCCOc1cc(B(O)O)c(Cl)cc1Cl. The van der Waals surface area contributed by atoms with Gasteiger partial charge in [0.05, 0.1) is 11.6 Å². The molecule has 0 saturated carbocycles. The molecule has 16 heavy (non-hydrogen) atoms. The monoisotopic (exact) mass is 264 g/mol. The zero-order chi connectivity index (χ0) is 12.1. The number of hydrogen-bond donors (Lipinski definition) is 2. The van der Waals surface area contributed by atoms with E-state index in [1.165, 1.54) is 12.1 Å². The van der Waals surface area contributed by atoms with E-state index in [1.807, 2.05) is 0 Å². The van der Waals surface area contributed by atoms with Gasteiger partial charge in [-0.05, 0) is 12.1 Å². The molecule has 0 amide bonds. The summed E-state index contributed by atoms with van der Waals surface area (Å²) in [6, 6.07) is 2.80. The van der Waals surface area contributed by atoms with Crippen LogP contribution in [0, 0.1) is 0 Å². The second kappa shape index (κ2) is 6.32. The molecule has 88 valence electrons. The first-order valence-corrected chi connectivity index (χ1v) is 5.28. The number of ether oxygens (including phenoxy) is 2. The van der Waals surface area contributed by atoms with Gasteiger partial charge in [0.15, 0.2) is 0 Å². The largest absolute Gasteiger partial charge is 0.490 e. The van der Waals surface area contributed by atoms with E-state index in [-0.39, 0.29) is 10.5 Å². The highest BCUT2D eigenvalue weighted by molar-refractivity contribution is 6.63. The van der Waals surface area contributed by atoms with Gasteiger partial charge < -0.3 is 19.5 Å². The van der Waals surface area contributed by atoms with Crippen molar-refractivity contribution in [1.82, 2.24) is 0 Å². The number of hydrogen-bond acceptors (Lipinski definition) is 4. The number of methoxy groups -OCH3 is 1. The summed E-state index contributed by atoms with van der Waals surface area (Å²) in [6.07, 6.45) is 0. The van der Waals surface area contributed by atoms with Gasteiger partial charge in [-0.25, -0.2) is 0 Å². The predicted octanol–water partition coefficient (Wildman–Crippen LogP) is 0.698. The Labute approximate surface area is 104 Å². The van der Waals surface area contributed by atoms with Crippen LogP contribution in [-0.4, -0.2) is 37.5 Å². The number of halogens is 2. The Bertz CT molecular complexity index is 360. The molecule has 0 atom stereocenters. The molecule has 0 fully saturated rings. The third-order valence-corrected chi connectivity index (χ3v) is 2.50. The Hall–Kier alpha value is -0.455. The molecule has 0 unspecified atom stereocenters. The molecular formula is C9H11BCl2O4. The van der Waals surface area contributed by atoms with E-state index in [1.54, 1.807) is 7.11 Å². The third kappa shape index (κ3) is 3.54. The zero-order valence-electron chi connectivity index (χ0n) is 8.61. The first-order chi connectivity index (χ1) is 7.56. The molecule has 0 saturated heterocycles. The molecule has 2 N–H and O–H groups in total. The Morgan fingerprint density at radius 2 is 1.88 bits per heavy atom. The van der Waals surface area contributed by atoms with Crippen molar-refractivity contribution in [1.29, 1.82) is 0 Å². The van der Waals surface area contributed by atoms with Crippen LogP contribution in [0.2, 0.25) is 10.0 Å². The van der Waals surface area contributed by atoms with Crippen LogP contribution in [0.5, 0.6) is 5.75 Å². The molecule has 0 bridgehead atoms. The van der Waals surface area contributed by atoms with Gasteiger partial charge in [0.2, 0.25) is 0 Å². The van der Waals surface area contributed by atoms with Crippen LogP contribution in [0.4, 0.5) is 0 Å². The minimum Gasteiger partial charge on any atom is -0.490 e. The van der Waals surface area contributed by atoms with Gasteiger partial charge >= 0.3 is 7.12 Å². The molecule has 4 nitrogen and oxygen atoms in total. The molecular weight excluding hydrogens is 254 g/mol. The predicted molar refractivity (Wildman–Crippen MR) is 63.7 cm³/mol. The van der Waals surface area contributed by atoms with Crippen LogP contribution in [-0.2, 0) is 4.74 Å². The highest BCUT2D eigenvalue weighted by Gasteiger charge is 2.18. The number of rotatable bonds is 5.